The van der Waals surface area contributed by atoms with Crippen LogP contribution in [-0.2, 0) is 76.9 Å². The van der Waals surface area contributed by atoms with Crippen LogP contribution >= 0.6 is 12.4 Å². The molecule has 6 fully saturated rings. The first-order valence-electron chi connectivity index (χ1n) is 42.5. The second-order valence-corrected chi connectivity index (χ2v) is 35.8. The molecule has 12 aliphatic rings. The zero-order chi connectivity index (χ0) is 98.6. The molecular weight excluding hydrogens is 1970 g/mol. The molecule has 48 heteroatoms. The van der Waals surface area contributed by atoms with Gasteiger partial charge < -0.3 is 45.8 Å². The van der Waals surface area contributed by atoms with Crippen molar-refractivity contribution in [3.63, 3.8) is 0 Å². The van der Waals surface area contributed by atoms with Crippen molar-refractivity contribution in [1.82, 2.24) is 29.8 Å². The lowest BCUT2D eigenvalue weighted by molar-refractivity contribution is -0.385. The predicted octanol–water partition coefficient (Wildman–Crippen LogP) is 21.2. The number of hydrogen-bond acceptors (Lipinski definition) is 13. The van der Waals surface area contributed by atoms with Crippen LogP contribution in [0.15, 0.2) is 115 Å². The number of benzene rings is 6. The van der Waals surface area contributed by atoms with Crippen LogP contribution < -0.4 is 21.3 Å². The van der Waals surface area contributed by atoms with Crippen LogP contribution in [0.25, 0.3) is 0 Å². The van der Waals surface area contributed by atoms with E-state index in [1.54, 1.807) is 40.0 Å². The van der Waals surface area contributed by atoms with Gasteiger partial charge in [0.1, 0.15) is 5.69 Å². The number of alkyl halides is 24. The van der Waals surface area contributed by atoms with Crippen molar-refractivity contribution >= 4 is 88.1 Å². The van der Waals surface area contributed by atoms with Gasteiger partial charge in [0.05, 0.1) is 9.85 Å². The molecule has 12 atom stereocenters. The van der Waals surface area contributed by atoms with Crippen LogP contribution in [-0.4, -0.2) is 210 Å². The Kier molecular flexibility index (Phi) is 38.6. The normalized spacial score (nSPS) is 22.7. The Labute approximate surface area is 807 Å². The van der Waals surface area contributed by atoms with Gasteiger partial charge in [-0.25, -0.2) is 0 Å². The molecule has 6 saturated heterocycles. The Morgan fingerprint density at radius 3 is 0.873 bits per heavy atom. The molecule has 18 rings (SSSR count). The topological polar surface area (TPSA) is 287 Å². The third-order valence-electron chi connectivity index (χ3n) is 26.2. The molecule has 6 aromatic carbocycles. The Morgan fingerprint density at radius 2 is 0.556 bits per heavy atom. The fraction of sp³-hybridized carbons (Fsp3) is 0.532. The molecule has 142 heavy (non-hydrogen) atoms. The number of fused-ring (bicyclic) bond motifs is 24. The number of carbonyl (C=O) groups is 8. The Hall–Kier alpha value is -11.6. The SMILES string of the molecule is C.C.C.C.C.C.Cl.O=C(N1CC2Cc3ccc([N+](=O)[O-])cc3C(C2)C1)C(F)(F)F.O=C(N1CC2Cc3ccccc3C(C2)C1)C(F)(F)F.O=C(Nc1cc2c(cc1[N+](=O)[O-])CC1CC2CN(C(=O)C(F)(F)F)C1)C(F)(F)F.O=C(Nc1ccc2c(c1)C1CC(C2)CN(C(=O)C(F)(F)F)C1)C(F)(F)F.O=C(Nc1ccc2c(c1)C1CC(C2)CN(C(=O)C(F)(F)F)C1)C(F)(F)F.c1ccc2c(c1)CC1CNCC2C1. The van der Waals surface area contributed by atoms with E-state index in [-0.39, 0.29) is 193 Å². The average molecular weight is 2080 g/mol. The molecule has 6 aliphatic carbocycles. The standard InChI is InChI=1S/C16H13F6N3O4.2C16H14F6N2O2.C14H13F3N2O3.C14H14F3NO.C12H15N.6CH4.ClH/c17-15(18,19)13(26)23-11-4-10-8(3-12(11)25(28)29)1-7-2-9(10)6-24(5-7)14(27)16(20,21)22;2*17-15(18,19)13(25)23-11-2-1-9-3-8-4-10(12(9)5-11)7-24(6-8)14(26)16(20,21)22;15-14(16,17)13(20)18-6-8-3-9-1-2-11(19(21)22)5-12(9)10(4-8)7-18;15-14(16,17)13(19)18-7-9-5-10-3-1-2-4-12(10)11(6-9)8-18;1-2-4-12-10(3-1)5-9-6-11(12)8-13-7-9;;;;;;;/h3-4,7,9H,1-2,5-6H2,(H,23,26);2*1-2,5,8,10H,3-4,6-7H2,(H,23,25);1-2,5,8,10H,3-4,6-7H2;1-4,9,11H,5-8H2;1-4,9,11,13H,5-8H2;6*1H4;1H. The maximum absolute atomic E-state index is 12.7. The summed E-state index contributed by atoms with van der Waals surface area (Å²) in [6.45, 7) is 2.07. The lowest BCUT2D eigenvalue weighted by Crippen LogP contribution is -2.50. The molecule has 6 aromatic rings. The summed E-state index contributed by atoms with van der Waals surface area (Å²) < 4.78 is 301. The van der Waals surface area contributed by atoms with E-state index in [0.717, 1.165) is 78.7 Å². The van der Waals surface area contributed by atoms with Crippen LogP contribution in [0.2, 0.25) is 0 Å². The highest BCUT2D eigenvalue weighted by Crippen LogP contribution is 2.49. The van der Waals surface area contributed by atoms with Crippen molar-refractivity contribution in [2.75, 3.05) is 94.5 Å². The summed E-state index contributed by atoms with van der Waals surface area (Å²) in [4.78, 5) is 115. The van der Waals surface area contributed by atoms with Crippen LogP contribution in [0.5, 0.6) is 0 Å². The number of piperidine rings is 6. The van der Waals surface area contributed by atoms with Crippen molar-refractivity contribution in [3.05, 3.63) is 202 Å². The van der Waals surface area contributed by atoms with Gasteiger partial charge >= 0.3 is 96.7 Å². The summed E-state index contributed by atoms with van der Waals surface area (Å²) in [5, 5.41) is 30.5. The molecule has 6 heterocycles. The molecule has 6 aliphatic heterocycles. The molecule has 23 nitrogen and oxygen atoms in total. The summed E-state index contributed by atoms with van der Waals surface area (Å²) >= 11 is 0. The minimum atomic E-state index is -5.28. The molecule has 4 N–H and O–H groups in total. The molecule has 0 saturated carbocycles. The van der Waals surface area contributed by atoms with Gasteiger partial charge in [0, 0.05) is 131 Å². The summed E-state index contributed by atoms with van der Waals surface area (Å²) in [6, 6.07) is 31.9. The number of halogens is 25. The summed E-state index contributed by atoms with van der Waals surface area (Å²) in [7, 11) is 0. The van der Waals surface area contributed by atoms with Gasteiger partial charge in [0.25, 0.3) is 11.4 Å². The average Bonchev–Trinajstić information content (AvgIpc) is 0.756. The van der Waals surface area contributed by atoms with Crippen molar-refractivity contribution < 1.29 is 154 Å². The maximum Gasteiger partial charge on any atom is 0.471 e. The van der Waals surface area contributed by atoms with E-state index in [0.29, 0.717) is 72.1 Å². The van der Waals surface area contributed by atoms with Gasteiger partial charge in [-0.2, -0.15) is 105 Å². The van der Waals surface area contributed by atoms with Gasteiger partial charge in [-0.3, -0.25) is 58.6 Å². The van der Waals surface area contributed by atoms with Crippen LogP contribution in [0.3, 0.4) is 0 Å². The number of anilines is 3. The van der Waals surface area contributed by atoms with Crippen molar-refractivity contribution in [2.24, 2.45) is 35.5 Å². The van der Waals surface area contributed by atoms with E-state index >= 15 is 0 Å². The molecule has 8 amide bonds. The number of hydrogen-bond donors (Lipinski definition) is 4. The fourth-order valence-corrected chi connectivity index (χ4v) is 20.9. The second kappa shape index (κ2) is 46.0. The van der Waals surface area contributed by atoms with Crippen LogP contribution in [0.1, 0.15) is 185 Å². The largest absolute Gasteiger partial charge is 0.471 e. The number of non-ortho nitro benzene ring substituents is 1. The third-order valence-corrected chi connectivity index (χ3v) is 26.2. The lowest BCUT2D eigenvalue weighted by Gasteiger charge is -2.42. The number of amides is 8. The number of nitrogens with zero attached hydrogens (tertiary/aromatic N) is 7. The quantitative estimate of drug-likeness (QED) is 0.0710. The summed E-state index contributed by atoms with van der Waals surface area (Å²) in [5.41, 5.74) is 8.95. The number of nitro groups is 2. The molecule has 12 bridgehead atoms. The molecular formula is C94H108ClF24N11O12. The number of carbonyl (C=O) groups excluding carboxylic acids is 8. The van der Waals surface area contributed by atoms with E-state index in [1.165, 1.54) is 73.2 Å². The van der Waals surface area contributed by atoms with E-state index in [9.17, 15) is 164 Å². The zero-order valence-electron chi connectivity index (χ0n) is 70.9. The number of nitrogens with one attached hydrogen (secondary N) is 4. The predicted molar refractivity (Wildman–Crippen MR) is 477 cm³/mol. The van der Waals surface area contributed by atoms with Gasteiger partial charge in [0.2, 0.25) is 0 Å². The lowest BCUT2D eigenvalue weighted by atomic mass is 9.73. The summed E-state index contributed by atoms with van der Waals surface area (Å²) in [5.74, 6) is -16.5. The molecule has 12 unspecified atom stereocenters. The number of rotatable bonds is 5. The highest BCUT2D eigenvalue weighted by Gasteiger charge is 2.54. The molecule has 786 valence electrons. The second-order valence-electron chi connectivity index (χ2n) is 35.8. The van der Waals surface area contributed by atoms with E-state index in [1.807, 2.05) is 24.3 Å². The Balaban J connectivity index is 0.000000261. The molecule has 0 spiro atoms. The number of nitro benzene ring substituents is 2. The molecule has 0 aromatic heterocycles. The van der Waals surface area contributed by atoms with Crippen molar-refractivity contribution in [2.45, 2.75) is 207 Å². The zero-order valence-corrected chi connectivity index (χ0v) is 71.7. The maximum atomic E-state index is 12.7. The Bertz CT molecular complexity index is 5430. The fourth-order valence-electron chi connectivity index (χ4n) is 20.9. The van der Waals surface area contributed by atoms with Crippen molar-refractivity contribution in [1.29, 1.82) is 0 Å². The van der Waals surface area contributed by atoms with Crippen LogP contribution in [0.4, 0.5) is 134 Å². The highest BCUT2D eigenvalue weighted by atomic mass is 35.5. The van der Waals surface area contributed by atoms with Crippen molar-refractivity contribution in [3.8, 4) is 0 Å². The first-order chi connectivity index (χ1) is 62.8. The first-order valence-corrected chi connectivity index (χ1v) is 42.5. The monoisotopic (exact) mass is 2070 g/mol. The van der Waals surface area contributed by atoms with E-state index in [2.05, 4.69) is 29.6 Å². The van der Waals surface area contributed by atoms with E-state index in [4.69, 9.17) is 0 Å². The summed E-state index contributed by atoms with van der Waals surface area (Å²) in [6.07, 6.45) is -32.0. The smallest absolute Gasteiger partial charge is 0.334 e. The minimum absolute atomic E-state index is 0. The van der Waals surface area contributed by atoms with Gasteiger partial charge in [-0.05, 0) is 222 Å². The van der Waals surface area contributed by atoms with Gasteiger partial charge in [0.15, 0.2) is 0 Å². The van der Waals surface area contributed by atoms with Crippen LogP contribution in [0, 0.1) is 55.7 Å². The first kappa shape index (κ1) is 119. The van der Waals surface area contributed by atoms with Gasteiger partial charge in [-0.15, -0.1) is 12.4 Å². The van der Waals surface area contributed by atoms with Gasteiger partial charge in [-0.1, -0.05) is 111 Å². The van der Waals surface area contributed by atoms with E-state index < -0.39 is 136 Å². The molecule has 0 radical (unpaired) electrons. The minimum Gasteiger partial charge on any atom is -0.334 e. The Morgan fingerprint density at radius 1 is 0.289 bits per heavy atom. The number of likely N-dealkylation sites (tertiary alicyclic amines) is 5. The highest BCUT2D eigenvalue weighted by molar-refractivity contribution is 5.98. The third kappa shape index (κ3) is 28.3.